The molecule has 4 aromatic rings. The average molecular weight is 439 g/mol. The van der Waals surface area contributed by atoms with E-state index in [1.165, 1.54) is 16.0 Å². The van der Waals surface area contributed by atoms with E-state index in [4.69, 9.17) is 4.42 Å². The lowest BCUT2D eigenvalue weighted by Gasteiger charge is -2.17. The molecule has 0 spiro atoms. The van der Waals surface area contributed by atoms with Gasteiger partial charge < -0.3 is 9.32 Å². The van der Waals surface area contributed by atoms with Crippen LogP contribution in [0.15, 0.2) is 50.3 Å². The van der Waals surface area contributed by atoms with Crippen LogP contribution in [0.1, 0.15) is 17.0 Å². The van der Waals surface area contributed by atoms with Crippen LogP contribution in [0.3, 0.4) is 0 Å². The largest absolute Gasteiger partial charge is 0.437 e. The van der Waals surface area contributed by atoms with Crippen molar-refractivity contribution in [2.75, 3.05) is 11.4 Å². The van der Waals surface area contributed by atoms with Crippen molar-refractivity contribution >= 4 is 34.3 Å². The van der Waals surface area contributed by atoms with E-state index in [0.29, 0.717) is 12.4 Å². The number of anilines is 1. The number of aromatic nitrogens is 3. The highest BCUT2D eigenvalue weighted by Gasteiger charge is 2.25. The van der Waals surface area contributed by atoms with Crippen molar-refractivity contribution in [3.05, 3.63) is 62.2 Å². The third-order valence-corrected chi connectivity index (χ3v) is 6.70. The second-order valence-corrected chi connectivity index (χ2v) is 9.02. The maximum atomic E-state index is 12.8. The van der Waals surface area contributed by atoms with Crippen LogP contribution >= 0.6 is 22.7 Å². The molecule has 0 saturated heterocycles. The Bertz CT molecular complexity index is 1270. The smallest absolute Gasteiger partial charge is 0.387 e. The fourth-order valence-electron chi connectivity index (χ4n) is 3.60. The summed E-state index contributed by atoms with van der Waals surface area (Å²) in [5.74, 6) is -0.284. The van der Waals surface area contributed by atoms with Gasteiger partial charge in [0.05, 0.1) is 22.1 Å². The molecule has 1 aromatic carbocycles. The van der Waals surface area contributed by atoms with Crippen LogP contribution in [-0.2, 0) is 17.8 Å². The van der Waals surface area contributed by atoms with E-state index in [2.05, 4.69) is 21.5 Å². The number of rotatable bonds is 5. The molecule has 1 aliphatic heterocycles. The van der Waals surface area contributed by atoms with Gasteiger partial charge in [0.25, 0.3) is 5.89 Å². The number of benzene rings is 1. The first-order chi connectivity index (χ1) is 14.6. The number of aryl methyl sites for hydroxylation is 2. The summed E-state index contributed by atoms with van der Waals surface area (Å²) in [5, 5.41) is 9.19. The Hall–Kier alpha value is -3.04. The monoisotopic (exact) mass is 438 g/mol. The van der Waals surface area contributed by atoms with Gasteiger partial charge in [0, 0.05) is 29.6 Å². The van der Waals surface area contributed by atoms with Crippen LogP contribution in [0.25, 0.3) is 22.0 Å². The summed E-state index contributed by atoms with van der Waals surface area (Å²) >= 11 is 3.08. The van der Waals surface area contributed by atoms with Crippen molar-refractivity contribution < 1.29 is 9.21 Å². The molecular weight excluding hydrogens is 420 g/mol. The van der Waals surface area contributed by atoms with Gasteiger partial charge in [-0.05, 0) is 42.5 Å². The lowest BCUT2D eigenvalue weighted by Crippen LogP contribution is -2.30. The maximum Gasteiger partial charge on any atom is 0.437 e. The zero-order valence-corrected chi connectivity index (χ0v) is 17.8. The quantitative estimate of drug-likeness (QED) is 0.471. The Morgan fingerprint density at radius 1 is 1.27 bits per heavy atom. The summed E-state index contributed by atoms with van der Waals surface area (Å²) in [6.45, 7) is 2.82. The van der Waals surface area contributed by atoms with E-state index < -0.39 is 5.76 Å². The van der Waals surface area contributed by atoms with Crippen molar-refractivity contribution in [1.82, 2.24) is 14.8 Å². The van der Waals surface area contributed by atoms with E-state index in [-0.39, 0.29) is 18.9 Å². The molecule has 9 heteroatoms. The van der Waals surface area contributed by atoms with E-state index in [1.54, 1.807) is 16.2 Å². The third kappa shape index (κ3) is 3.50. The number of fused-ring (bicyclic) bond motifs is 1. The van der Waals surface area contributed by atoms with Crippen molar-refractivity contribution in [1.29, 1.82) is 0 Å². The molecule has 1 amide bonds. The number of thiazole rings is 1. The van der Waals surface area contributed by atoms with Gasteiger partial charge >= 0.3 is 5.76 Å². The minimum absolute atomic E-state index is 0.0291. The molecule has 4 heterocycles. The molecule has 0 N–H and O–H groups in total. The SMILES string of the molecule is Cc1nc(-c2ccc3c(c2)CCN3C(=O)CCn2nc(-c3cccs3)oc2=O)cs1. The summed E-state index contributed by atoms with van der Waals surface area (Å²) < 4.78 is 6.43. The summed E-state index contributed by atoms with van der Waals surface area (Å²) in [6, 6.07) is 9.82. The molecule has 152 valence electrons. The molecule has 30 heavy (non-hydrogen) atoms. The highest BCUT2D eigenvalue weighted by Crippen LogP contribution is 2.33. The number of hydrogen-bond donors (Lipinski definition) is 0. The zero-order chi connectivity index (χ0) is 20.7. The average Bonchev–Trinajstić information content (AvgIpc) is 3.52. The number of nitrogens with zero attached hydrogens (tertiary/aromatic N) is 4. The molecular formula is C21H18N4O3S2. The first kappa shape index (κ1) is 19.0. The van der Waals surface area contributed by atoms with Gasteiger partial charge in [-0.25, -0.2) is 9.78 Å². The fourth-order valence-corrected chi connectivity index (χ4v) is 4.87. The van der Waals surface area contributed by atoms with Crippen LogP contribution in [0.4, 0.5) is 5.69 Å². The second kappa shape index (κ2) is 7.66. The van der Waals surface area contributed by atoms with Crippen molar-refractivity contribution in [3.63, 3.8) is 0 Å². The van der Waals surface area contributed by atoms with Gasteiger partial charge in [0.1, 0.15) is 0 Å². The van der Waals surface area contributed by atoms with E-state index >= 15 is 0 Å². The first-order valence-corrected chi connectivity index (χ1v) is 11.3. The number of carbonyl (C=O) groups excluding carboxylic acids is 1. The predicted octanol–water partition coefficient (Wildman–Crippen LogP) is 3.98. The van der Waals surface area contributed by atoms with Crippen molar-refractivity contribution in [2.24, 2.45) is 0 Å². The van der Waals surface area contributed by atoms with Crippen molar-refractivity contribution in [3.8, 4) is 22.0 Å². The normalized spacial score (nSPS) is 13.0. The lowest BCUT2D eigenvalue weighted by atomic mass is 10.1. The standard InChI is InChI=1S/C21H18N4O3S2/c1-13-22-16(12-30-13)14-4-5-17-15(11-14)6-8-24(17)19(26)7-9-25-21(27)28-20(23-25)18-3-2-10-29-18/h2-5,10-12H,6-9H2,1H3. The molecule has 0 radical (unpaired) electrons. The molecule has 0 fully saturated rings. The number of thiophene rings is 1. The van der Waals surface area contributed by atoms with Gasteiger partial charge in [-0.15, -0.1) is 27.8 Å². The minimum atomic E-state index is -0.545. The summed E-state index contributed by atoms with van der Waals surface area (Å²) in [6.07, 6.45) is 0.993. The highest BCUT2D eigenvalue weighted by atomic mass is 32.1. The van der Waals surface area contributed by atoms with Gasteiger partial charge in [-0.3, -0.25) is 4.79 Å². The van der Waals surface area contributed by atoms with Gasteiger partial charge in [0.15, 0.2) is 0 Å². The van der Waals surface area contributed by atoms with Crippen LogP contribution in [0.2, 0.25) is 0 Å². The van der Waals surface area contributed by atoms with Crippen LogP contribution in [-0.4, -0.2) is 27.2 Å². The fraction of sp³-hybridized carbons (Fsp3) is 0.238. The number of hydrogen-bond acceptors (Lipinski definition) is 7. The van der Waals surface area contributed by atoms with Crippen LogP contribution in [0, 0.1) is 6.92 Å². The third-order valence-electron chi connectivity index (χ3n) is 5.07. The number of carbonyl (C=O) groups is 1. The van der Waals surface area contributed by atoms with Gasteiger partial charge in [0.2, 0.25) is 5.91 Å². The Morgan fingerprint density at radius 2 is 2.17 bits per heavy atom. The summed E-state index contributed by atoms with van der Waals surface area (Å²) in [4.78, 5) is 32.0. The Labute approximate surface area is 180 Å². The maximum absolute atomic E-state index is 12.8. The van der Waals surface area contributed by atoms with Crippen LogP contribution < -0.4 is 10.7 Å². The molecule has 5 rings (SSSR count). The summed E-state index contributed by atoms with van der Waals surface area (Å²) in [7, 11) is 0. The van der Waals surface area contributed by atoms with Gasteiger partial charge in [-0.1, -0.05) is 12.1 Å². The molecule has 1 aliphatic rings. The molecule has 0 bridgehead atoms. The zero-order valence-electron chi connectivity index (χ0n) is 16.2. The lowest BCUT2D eigenvalue weighted by molar-refractivity contribution is -0.118. The Balaban J connectivity index is 1.29. The topological polar surface area (TPSA) is 81.2 Å². The number of amides is 1. The highest BCUT2D eigenvalue weighted by molar-refractivity contribution is 7.13. The van der Waals surface area contributed by atoms with E-state index in [0.717, 1.165) is 38.8 Å². The molecule has 0 atom stereocenters. The van der Waals surface area contributed by atoms with E-state index in [1.807, 2.05) is 36.6 Å². The minimum Gasteiger partial charge on any atom is -0.387 e. The van der Waals surface area contributed by atoms with E-state index in [9.17, 15) is 9.59 Å². The molecule has 0 unspecified atom stereocenters. The van der Waals surface area contributed by atoms with Gasteiger partial charge in [-0.2, -0.15) is 4.68 Å². The predicted molar refractivity (Wildman–Crippen MR) is 117 cm³/mol. The van der Waals surface area contributed by atoms with Crippen molar-refractivity contribution in [2.45, 2.75) is 26.3 Å². The Morgan fingerprint density at radius 3 is 2.93 bits per heavy atom. The summed E-state index contributed by atoms with van der Waals surface area (Å²) in [5.41, 5.74) is 4.12. The van der Waals surface area contributed by atoms with Crippen LogP contribution in [0.5, 0.6) is 0 Å². The molecule has 0 saturated carbocycles. The molecule has 0 aliphatic carbocycles. The molecule has 3 aromatic heterocycles. The second-order valence-electron chi connectivity index (χ2n) is 7.01. The molecule has 7 nitrogen and oxygen atoms in total. The Kier molecular flexibility index (Phi) is 4.84. The first-order valence-electron chi connectivity index (χ1n) is 9.56.